The molecule has 1 rings (SSSR count). The molecule has 0 radical (unpaired) electrons. The zero-order chi connectivity index (χ0) is 11.3. The first-order valence-electron chi connectivity index (χ1n) is 5.05. The minimum absolute atomic E-state index is 0.234. The van der Waals surface area contributed by atoms with Crippen molar-refractivity contribution in [3.05, 3.63) is 0 Å². The van der Waals surface area contributed by atoms with Crippen LogP contribution in [0, 0.1) is 11.5 Å². The van der Waals surface area contributed by atoms with E-state index in [-0.39, 0.29) is 5.54 Å². The van der Waals surface area contributed by atoms with Crippen molar-refractivity contribution in [2.24, 2.45) is 4.99 Å². The van der Waals surface area contributed by atoms with Gasteiger partial charge >= 0.3 is 0 Å². The van der Waals surface area contributed by atoms with E-state index >= 15 is 0 Å². The monoisotopic (exact) mass is 226 g/mol. The lowest BCUT2D eigenvalue weighted by Crippen LogP contribution is -2.52. The van der Waals surface area contributed by atoms with E-state index in [2.05, 4.69) is 29.3 Å². The minimum Gasteiger partial charge on any atom is -0.302 e. The van der Waals surface area contributed by atoms with Gasteiger partial charge in [-0.05, 0) is 39.6 Å². The zero-order valence-corrected chi connectivity index (χ0v) is 10.4. The fourth-order valence-electron chi connectivity index (χ4n) is 1.75. The molecule has 84 valence electrons. The Morgan fingerprint density at radius 3 is 2.60 bits per heavy atom. The van der Waals surface area contributed by atoms with Crippen LogP contribution in [0.25, 0.3) is 0 Å². The van der Waals surface area contributed by atoms with Gasteiger partial charge in [-0.3, -0.25) is 10.3 Å². The molecule has 0 aliphatic heterocycles. The Bertz CT molecular complexity index is 276. The molecule has 0 aromatic rings. The van der Waals surface area contributed by atoms with Gasteiger partial charge in [-0.1, -0.05) is 11.8 Å². The van der Waals surface area contributed by atoms with Crippen molar-refractivity contribution in [1.82, 2.24) is 10.2 Å². The summed E-state index contributed by atoms with van der Waals surface area (Å²) in [5, 5.41) is 11.8. The molecule has 5 heteroatoms. The van der Waals surface area contributed by atoms with E-state index in [9.17, 15) is 0 Å². The summed E-state index contributed by atoms with van der Waals surface area (Å²) in [7, 11) is 4.20. The Balaban J connectivity index is 2.56. The van der Waals surface area contributed by atoms with Gasteiger partial charge in [-0.25, -0.2) is 0 Å². The molecule has 0 aromatic carbocycles. The fourth-order valence-corrected chi connectivity index (χ4v) is 2.09. The van der Waals surface area contributed by atoms with Gasteiger partial charge in [0.2, 0.25) is 0 Å². The van der Waals surface area contributed by atoms with Gasteiger partial charge in [0, 0.05) is 5.54 Å². The summed E-state index contributed by atoms with van der Waals surface area (Å²) in [4.78, 5) is 6.71. The number of amidine groups is 1. The number of nitrogens with one attached hydrogen (secondary N) is 1. The Morgan fingerprint density at radius 2 is 2.27 bits per heavy atom. The lowest BCUT2D eigenvalue weighted by molar-refractivity contribution is 0.0701. The number of nitriles is 1. The summed E-state index contributed by atoms with van der Waals surface area (Å²) < 4.78 is 0. The van der Waals surface area contributed by atoms with E-state index in [1.165, 1.54) is 31.0 Å². The summed E-state index contributed by atoms with van der Waals surface area (Å²) in [6.07, 6.45) is 7.53. The van der Waals surface area contributed by atoms with Crippen LogP contribution in [-0.2, 0) is 0 Å². The van der Waals surface area contributed by atoms with Crippen LogP contribution in [-0.4, -0.2) is 42.5 Å². The van der Waals surface area contributed by atoms with E-state index in [4.69, 9.17) is 5.26 Å². The van der Waals surface area contributed by atoms with Crippen molar-refractivity contribution in [2.75, 3.05) is 26.9 Å². The molecular formula is C10H18N4S. The van der Waals surface area contributed by atoms with Crippen LogP contribution in [0.4, 0.5) is 0 Å². The second kappa shape index (κ2) is 5.38. The highest BCUT2D eigenvalue weighted by Gasteiger charge is 2.38. The molecular weight excluding hydrogens is 208 g/mol. The molecule has 0 heterocycles. The summed E-state index contributed by atoms with van der Waals surface area (Å²) in [5.74, 6) is 0. The second-order valence-corrected chi connectivity index (χ2v) is 4.83. The van der Waals surface area contributed by atoms with Crippen LogP contribution in [0.15, 0.2) is 4.99 Å². The molecule has 4 nitrogen and oxygen atoms in total. The summed E-state index contributed by atoms with van der Waals surface area (Å²) in [6.45, 7) is 0.783. The van der Waals surface area contributed by atoms with Gasteiger partial charge < -0.3 is 4.90 Å². The van der Waals surface area contributed by atoms with Crippen molar-refractivity contribution in [3.8, 4) is 6.19 Å². The van der Waals surface area contributed by atoms with Crippen molar-refractivity contribution < 1.29 is 0 Å². The van der Waals surface area contributed by atoms with E-state index in [1.807, 2.05) is 12.4 Å². The molecule has 0 unspecified atom stereocenters. The quantitative estimate of drug-likeness (QED) is 0.341. The number of thioether (sulfide) groups is 1. The van der Waals surface area contributed by atoms with Gasteiger partial charge in [-0.2, -0.15) is 5.26 Å². The number of likely N-dealkylation sites (N-methyl/N-ethyl adjacent to an activating group) is 1. The average molecular weight is 226 g/mol. The molecule has 0 amide bonds. The smallest absolute Gasteiger partial charge is 0.183 e. The Labute approximate surface area is 95.7 Å². The van der Waals surface area contributed by atoms with Crippen LogP contribution in [0.5, 0.6) is 0 Å². The molecule has 0 saturated heterocycles. The topological polar surface area (TPSA) is 51.4 Å². The van der Waals surface area contributed by atoms with E-state index in [0.29, 0.717) is 5.17 Å². The van der Waals surface area contributed by atoms with E-state index in [1.54, 1.807) is 0 Å². The van der Waals surface area contributed by atoms with Crippen LogP contribution >= 0.6 is 11.8 Å². The van der Waals surface area contributed by atoms with Gasteiger partial charge in [-0.15, -0.1) is 0 Å². The maximum absolute atomic E-state index is 8.51. The number of rotatable bonds is 3. The van der Waals surface area contributed by atoms with Gasteiger partial charge in [0.15, 0.2) is 11.4 Å². The highest BCUT2D eigenvalue weighted by atomic mass is 32.2. The predicted octanol–water partition coefficient (Wildman–Crippen LogP) is 1.26. The van der Waals surface area contributed by atoms with Crippen LogP contribution in [0.2, 0.25) is 0 Å². The standard InChI is InChI=1S/C10H18N4S/c1-14(2)10(5-4-6-10)7-12-9(15-3)13-8-11/h4-7H2,1-3H3,(H,12,13). The number of nitrogens with zero attached hydrogens (tertiary/aromatic N) is 3. The van der Waals surface area contributed by atoms with Crippen LogP contribution in [0.1, 0.15) is 19.3 Å². The maximum atomic E-state index is 8.51. The molecule has 0 spiro atoms. The third kappa shape index (κ3) is 2.86. The average Bonchev–Trinajstić information content (AvgIpc) is 2.13. The SMILES string of the molecule is CSC(=NCC1(N(C)C)CCC1)NC#N. The Kier molecular flexibility index (Phi) is 4.43. The molecule has 1 aliphatic rings. The summed E-state index contributed by atoms with van der Waals surface area (Å²) >= 11 is 1.48. The molecule has 1 fully saturated rings. The predicted molar refractivity (Wildman–Crippen MR) is 64.8 cm³/mol. The third-order valence-corrected chi connectivity index (χ3v) is 3.72. The number of aliphatic imine (C=N–C) groups is 1. The third-order valence-electron chi connectivity index (χ3n) is 3.11. The van der Waals surface area contributed by atoms with E-state index < -0.39 is 0 Å². The molecule has 1 N–H and O–H groups in total. The second-order valence-electron chi connectivity index (χ2n) is 4.03. The molecule has 0 atom stereocenters. The van der Waals surface area contributed by atoms with Crippen molar-refractivity contribution >= 4 is 16.9 Å². The molecule has 1 aliphatic carbocycles. The highest BCUT2D eigenvalue weighted by Crippen LogP contribution is 2.36. The number of hydrogen-bond acceptors (Lipinski definition) is 4. The molecule has 0 bridgehead atoms. The van der Waals surface area contributed by atoms with E-state index in [0.717, 1.165) is 6.54 Å². The van der Waals surface area contributed by atoms with Gasteiger partial charge in [0.05, 0.1) is 6.54 Å². The largest absolute Gasteiger partial charge is 0.302 e. The summed E-state index contributed by atoms with van der Waals surface area (Å²) in [5.41, 5.74) is 0.234. The lowest BCUT2D eigenvalue weighted by atomic mass is 9.76. The number of hydrogen-bond donors (Lipinski definition) is 1. The highest BCUT2D eigenvalue weighted by molar-refractivity contribution is 8.13. The zero-order valence-electron chi connectivity index (χ0n) is 9.58. The van der Waals surface area contributed by atoms with Crippen molar-refractivity contribution in [1.29, 1.82) is 5.26 Å². The van der Waals surface area contributed by atoms with Gasteiger partial charge in [0.25, 0.3) is 0 Å². The maximum Gasteiger partial charge on any atom is 0.183 e. The van der Waals surface area contributed by atoms with Crippen molar-refractivity contribution in [2.45, 2.75) is 24.8 Å². The molecule has 0 aromatic heterocycles. The normalized spacial score (nSPS) is 19.5. The lowest BCUT2D eigenvalue weighted by Gasteiger charge is -2.46. The van der Waals surface area contributed by atoms with Gasteiger partial charge in [0.1, 0.15) is 0 Å². The van der Waals surface area contributed by atoms with Crippen LogP contribution < -0.4 is 5.32 Å². The Morgan fingerprint density at radius 1 is 1.60 bits per heavy atom. The minimum atomic E-state index is 0.234. The molecule has 1 saturated carbocycles. The molecule has 15 heavy (non-hydrogen) atoms. The van der Waals surface area contributed by atoms with Crippen molar-refractivity contribution in [3.63, 3.8) is 0 Å². The summed E-state index contributed by atoms with van der Waals surface area (Å²) in [6, 6.07) is 0. The first-order chi connectivity index (χ1) is 7.14. The first-order valence-corrected chi connectivity index (χ1v) is 6.28. The first kappa shape index (κ1) is 12.3. The Hall–Kier alpha value is -0.730. The van der Waals surface area contributed by atoms with Crippen LogP contribution in [0.3, 0.4) is 0 Å². The fraction of sp³-hybridized carbons (Fsp3) is 0.800.